The van der Waals surface area contributed by atoms with Crippen LogP contribution in [0.25, 0.3) is 0 Å². The predicted molar refractivity (Wildman–Crippen MR) is 87.3 cm³/mol. The molecule has 0 saturated heterocycles. The number of halogens is 2. The second kappa shape index (κ2) is 7.01. The monoisotopic (exact) mass is 416 g/mol. The Morgan fingerprint density at radius 3 is 2.90 bits per heavy atom. The minimum Gasteiger partial charge on any atom is -0.507 e. The van der Waals surface area contributed by atoms with Crippen molar-refractivity contribution in [1.29, 1.82) is 0 Å². The number of carbonyl (C=O) groups excluding carboxylic acids is 1. The van der Waals surface area contributed by atoms with Crippen LogP contribution >= 0.6 is 43.2 Å². The Balaban J connectivity index is 1.96. The van der Waals surface area contributed by atoms with Crippen molar-refractivity contribution in [2.75, 3.05) is 0 Å². The zero-order valence-electron chi connectivity index (χ0n) is 10.1. The van der Waals surface area contributed by atoms with Gasteiger partial charge in [0, 0.05) is 14.9 Å². The molecule has 0 aliphatic carbocycles. The van der Waals surface area contributed by atoms with Crippen LogP contribution in [0.15, 0.2) is 43.7 Å². The largest absolute Gasteiger partial charge is 0.507 e. The summed E-state index contributed by atoms with van der Waals surface area (Å²) >= 11 is 8.09. The average molecular weight is 418 g/mol. The number of phenolic OH excluding ortho intramolecular Hbond substituents is 1. The normalized spacial score (nSPS) is 10.9. The molecule has 7 heteroatoms. The molecule has 1 aromatic carbocycles. The Bertz CT molecular complexity index is 642. The zero-order valence-corrected chi connectivity index (χ0v) is 14.1. The molecule has 0 aliphatic rings. The van der Waals surface area contributed by atoms with Gasteiger partial charge in [-0.3, -0.25) is 4.79 Å². The minimum atomic E-state index is -0.179. The summed E-state index contributed by atoms with van der Waals surface area (Å²) < 4.78 is 1.35. The molecule has 1 heterocycles. The quantitative estimate of drug-likeness (QED) is 0.588. The van der Waals surface area contributed by atoms with Gasteiger partial charge in [-0.25, -0.2) is 5.43 Å². The summed E-state index contributed by atoms with van der Waals surface area (Å²) in [5.74, 6) is -0.0688. The van der Waals surface area contributed by atoms with E-state index in [0.717, 1.165) is 9.35 Å². The maximum atomic E-state index is 11.6. The van der Waals surface area contributed by atoms with Gasteiger partial charge in [0.25, 0.3) is 0 Å². The number of aromatic hydroxyl groups is 1. The molecule has 20 heavy (non-hydrogen) atoms. The number of phenols is 1. The van der Waals surface area contributed by atoms with E-state index < -0.39 is 0 Å². The average Bonchev–Trinajstić information content (AvgIpc) is 2.88. The highest BCUT2D eigenvalue weighted by molar-refractivity contribution is 9.11. The zero-order chi connectivity index (χ0) is 14.5. The van der Waals surface area contributed by atoms with Gasteiger partial charge in [0.1, 0.15) is 5.75 Å². The second-order valence-corrected chi connectivity index (χ2v) is 6.62. The molecule has 2 rings (SSSR count). The molecule has 0 aliphatic heterocycles. The lowest BCUT2D eigenvalue weighted by molar-refractivity contribution is -0.120. The van der Waals surface area contributed by atoms with Crippen LogP contribution in [0.5, 0.6) is 5.75 Å². The van der Waals surface area contributed by atoms with E-state index in [1.54, 1.807) is 12.1 Å². The molecule has 2 aromatic rings. The predicted octanol–water partition coefficient (Wildman–Crippen LogP) is 3.67. The third kappa shape index (κ3) is 4.16. The fraction of sp³-hybridized carbons (Fsp3) is 0.0769. The Labute approximate surface area is 136 Å². The topological polar surface area (TPSA) is 61.7 Å². The number of hydrogen-bond donors (Lipinski definition) is 2. The van der Waals surface area contributed by atoms with E-state index in [0.29, 0.717) is 16.5 Å². The van der Waals surface area contributed by atoms with Crippen LogP contribution in [0.3, 0.4) is 0 Å². The van der Waals surface area contributed by atoms with Crippen LogP contribution < -0.4 is 5.43 Å². The second-order valence-electron chi connectivity index (χ2n) is 3.87. The summed E-state index contributed by atoms with van der Waals surface area (Å²) in [7, 11) is 0. The van der Waals surface area contributed by atoms with Crippen molar-refractivity contribution in [3.63, 3.8) is 0 Å². The Morgan fingerprint density at radius 2 is 2.20 bits per heavy atom. The first kappa shape index (κ1) is 15.2. The fourth-order valence-corrected chi connectivity index (χ4v) is 3.24. The van der Waals surface area contributed by atoms with Gasteiger partial charge in [-0.1, -0.05) is 22.0 Å². The van der Waals surface area contributed by atoms with Gasteiger partial charge < -0.3 is 5.11 Å². The van der Waals surface area contributed by atoms with Gasteiger partial charge in [0.15, 0.2) is 0 Å². The molecule has 0 saturated carbocycles. The van der Waals surface area contributed by atoms with E-state index >= 15 is 0 Å². The van der Waals surface area contributed by atoms with Crippen LogP contribution in [-0.4, -0.2) is 17.2 Å². The molecule has 2 N–H and O–H groups in total. The summed E-state index contributed by atoms with van der Waals surface area (Å²) in [6.45, 7) is 0. The van der Waals surface area contributed by atoms with Gasteiger partial charge in [-0.05, 0) is 39.5 Å². The van der Waals surface area contributed by atoms with Gasteiger partial charge >= 0.3 is 0 Å². The minimum absolute atomic E-state index is 0.111. The molecule has 0 unspecified atom stereocenters. The standard InChI is InChI=1S/C13H10Br2N2O2S/c14-10-6-11(15)12(18)4-8(10)7-16-17-13(19)5-9-2-1-3-20-9/h1-4,6-7,18H,5H2,(H,17,19)/b16-7-. The number of carbonyl (C=O) groups is 1. The van der Waals surface area contributed by atoms with Crippen molar-refractivity contribution in [2.45, 2.75) is 6.42 Å². The Kier molecular flexibility index (Phi) is 5.33. The van der Waals surface area contributed by atoms with Crippen LogP contribution in [-0.2, 0) is 11.2 Å². The Hall–Kier alpha value is -1.18. The first-order valence-electron chi connectivity index (χ1n) is 5.58. The van der Waals surface area contributed by atoms with Crippen LogP contribution in [0.2, 0.25) is 0 Å². The molecule has 4 nitrogen and oxygen atoms in total. The van der Waals surface area contributed by atoms with E-state index in [2.05, 4.69) is 42.4 Å². The summed E-state index contributed by atoms with van der Waals surface area (Å²) in [6.07, 6.45) is 1.78. The highest BCUT2D eigenvalue weighted by atomic mass is 79.9. The molecular formula is C13H10Br2N2O2S. The number of nitrogens with one attached hydrogen (secondary N) is 1. The molecule has 0 radical (unpaired) electrons. The van der Waals surface area contributed by atoms with E-state index in [9.17, 15) is 9.90 Å². The molecule has 0 fully saturated rings. The van der Waals surface area contributed by atoms with Crippen LogP contribution in [0.4, 0.5) is 0 Å². The number of hydrogen-bond acceptors (Lipinski definition) is 4. The van der Waals surface area contributed by atoms with Gasteiger partial charge in [-0.15, -0.1) is 11.3 Å². The van der Waals surface area contributed by atoms with Crippen LogP contribution in [0.1, 0.15) is 10.4 Å². The molecule has 0 spiro atoms. The van der Waals surface area contributed by atoms with Crippen molar-refractivity contribution in [1.82, 2.24) is 5.43 Å². The summed E-state index contributed by atoms with van der Waals surface area (Å²) in [6, 6.07) is 7.06. The number of amides is 1. The summed E-state index contributed by atoms with van der Waals surface area (Å²) in [5, 5.41) is 15.4. The van der Waals surface area contributed by atoms with E-state index in [4.69, 9.17) is 0 Å². The van der Waals surface area contributed by atoms with Gasteiger partial charge in [-0.2, -0.15) is 5.10 Å². The molecule has 104 valence electrons. The van der Waals surface area contributed by atoms with E-state index in [1.807, 2.05) is 17.5 Å². The molecule has 0 atom stereocenters. The summed E-state index contributed by atoms with van der Waals surface area (Å²) in [4.78, 5) is 12.6. The van der Waals surface area contributed by atoms with Crippen molar-refractivity contribution in [3.05, 3.63) is 49.0 Å². The molecule has 1 amide bonds. The van der Waals surface area contributed by atoms with E-state index in [-0.39, 0.29) is 11.7 Å². The number of nitrogens with zero attached hydrogens (tertiary/aromatic N) is 1. The maximum absolute atomic E-state index is 11.6. The Morgan fingerprint density at radius 1 is 1.40 bits per heavy atom. The molecular weight excluding hydrogens is 408 g/mol. The third-order valence-corrected chi connectivity index (χ3v) is 4.57. The fourth-order valence-electron chi connectivity index (χ4n) is 1.44. The lowest BCUT2D eigenvalue weighted by Gasteiger charge is -2.02. The van der Waals surface area contributed by atoms with Crippen molar-refractivity contribution < 1.29 is 9.90 Å². The number of thiophene rings is 1. The first-order chi connectivity index (χ1) is 9.56. The van der Waals surface area contributed by atoms with Crippen molar-refractivity contribution >= 4 is 55.3 Å². The lowest BCUT2D eigenvalue weighted by atomic mass is 10.2. The van der Waals surface area contributed by atoms with Gasteiger partial charge in [0.05, 0.1) is 17.1 Å². The number of benzene rings is 1. The highest BCUT2D eigenvalue weighted by Crippen LogP contribution is 2.29. The maximum Gasteiger partial charge on any atom is 0.245 e. The van der Waals surface area contributed by atoms with Crippen molar-refractivity contribution in [3.8, 4) is 5.75 Å². The highest BCUT2D eigenvalue weighted by Gasteiger charge is 2.05. The molecule has 0 bridgehead atoms. The van der Waals surface area contributed by atoms with Crippen LogP contribution in [0, 0.1) is 0 Å². The number of hydrazone groups is 1. The van der Waals surface area contributed by atoms with Gasteiger partial charge in [0.2, 0.25) is 5.91 Å². The SMILES string of the molecule is O=C(Cc1cccs1)N/N=C\c1cc(O)c(Br)cc1Br. The van der Waals surface area contributed by atoms with E-state index in [1.165, 1.54) is 17.6 Å². The van der Waals surface area contributed by atoms with Crippen molar-refractivity contribution in [2.24, 2.45) is 5.10 Å². The smallest absolute Gasteiger partial charge is 0.245 e. The first-order valence-corrected chi connectivity index (χ1v) is 8.05. The summed E-state index contributed by atoms with van der Waals surface area (Å²) in [5.41, 5.74) is 3.12. The number of rotatable bonds is 4. The third-order valence-electron chi connectivity index (χ3n) is 2.37. The lowest BCUT2D eigenvalue weighted by Crippen LogP contribution is -2.19. The molecule has 1 aromatic heterocycles.